The highest BCUT2D eigenvalue weighted by atomic mass is 28.4. The van der Waals surface area contributed by atoms with Crippen molar-refractivity contribution in [2.24, 2.45) is 0 Å². The Morgan fingerprint density at radius 2 is 1.50 bits per heavy atom. The Kier molecular flexibility index (Phi) is 5.40. The Bertz CT molecular complexity index is 672. The first-order valence-corrected chi connectivity index (χ1v) is 11.3. The Balaban J connectivity index is 2.01. The van der Waals surface area contributed by atoms with Crippen LogP contribution in [0.15, 0.2) is 60.7 Å². The maximum Gasteiger partial charge on any atom is 0.261 e. The Labute approximate surface area is 158 Å². The highest BCUT2D eigenvalue weighted by molar-refractivity contribution is 6.99. The smallest absolute Gasteiger partial charge is 0.261 e. The third kappa shape index (κ3) is 3.51. The maximum atomic E-state index is 9.21. The summed E-state index contributed by atoms with van der Waals surface area (Å²) in [7, 11) is -2.51. The zero-order chi connectivity index (χ0) is 18.8. The predicted octanol–water partition coefficient (Wildman–Crippen LogP) is 3.10. The summed E-state index contributed by atoms with van der Waals surface area (Å²) >= 11 is 0. The van der Waals surface area contributed by atoms with Crippen LogP contribution in [0.5, 0.6) is 0 Å². The summed E-state index contributed by atoms with van der Waals surface area (Å²) in [6, 6.07) is 21.3. The predicted molar refractivity (Wildman–Crippen MR) is 109 cm³/mol. The van der Waals surface area contributed by atoms with Crippen molar-refractivity contribution in [1.29, 1.82) is 0 Å². The minimum Gasteiger partial charge on any atom is -0.404 e. The van der Waals surface area contributed by atoms with Crippen molar-refractivity contribution >= 4 is 18.7 Å². The van der Waals surface area contributed by atoms with Gasteiger partial charge in [0.05, 0.1) is 12.7 Å². The summed E-state index contributed by atoms with van der Waals surface area (Å²) in [6.07, 6.45) is 0.756. The number of hydrogen-bond donors (Lipinski definition) is 1. The molecule has 2 atom stereocenters. The third-order valence-electron chi connectivity index (χ3n) is 5.42. The van der Waals surface area contributed by atoms with Crippen molar-refractivity contribution in [3.05, 3.63) is 60.7 Å². The molecule has 3 rings (SSSR count). The first kappa shape index (κ1) is 19.3. The average molecular weight is 371 g/mol. The topological polar surface area (TPSA) is 42.0 Å². The van der Waals surface area contributed by atoms with E-state index in [-0.39, 0.29) is 23.4 Å². The summed E-state index contributed by atoms with van der Waals surface area (Å²) in [4.78, 5) is 0. The lowest BCUT2D eigenvalue weighted by Crippen LogP contribution is -2.67. The van der Waals surface area contributed by atoms with Crippen LogP contribution in [0.3, 0.4) is 0 Å². The van der Waals surface area contributed by atoms with Gasteiger partial charge in [-0.25, -0.2) is 0 Å². The second-order valence-corrected chi connectivity index (χ2v) is 12.7. The van der Waals surface area contributed by atoms with Crippen LogP contribution in [0.4, 0.5) is 0 Å². The molecule has 0 radical (unpaired) electrons. The van der Waals surface area contributed by atoms with E-state index in [0.717, 1.165) is 0 Å². The van der Waals surface area contributed by atoms with E-state index in [2.05, 4.69) is 88.4 Å². The van der Waals surface area contributed by atoms with Gasteiger partial charge in [0.1, 0.15) is 5.60 Å². The van der Waals surface area contributed by atoms with Crippen molar-refractivity contribution < 1.29 is 14.3 Å². The molecule has 1 heterocycles. The SMILES string of the molecule is CC(C)(C)[Si](OC[C@]1(C)O[C@@H]1CCO)(c1ccccc1)c1ccccc1. The van der Waals surface area contributed by atoms with E-state index >= 15 is 0 Å². The molecule has 1 aliphatic rings. The quantitative estimate of drug-likeness (QED) is 0.601. The highest BCUT2D eigenvalue weighted by Gasteiger charge is 2.56. The highest BCUT2D eigenvalue weighted by Crippen LogP contribution is 2.42. The van der Waals surface area contributed by atoms with Crippen molar-refractivity contribution in [2.45, 2.75) is 50.9 Å². The summed E-state index contributed by atoms with van der Waals surface area (Å²) in [5.41, 5.74) is -0.296. The summed E-state index contributed by atoms with van der Waals surface area (Å²) in [5.74, 6) is 0. The summed E-state index contributed by atoms with van der Waals surface area (Å²) in [5, 5.41) is 11.7. The van der Waals surface area contributed by atoms with E-state index < -0.39 is 8.32 Å². The van der Waals surface area contributed by atoms with Crippen LogP contribution in [0.25, 0.3) is 0 Å². The maximum absolute atomic E-state index is 9.21. The molecule has 2 aromatic carbocycles. The molecule has 0 aromatic heterocycles. The van der Waals surface area contributed by atoms with Crippen molar-refractivity contribution in [3.8, 4) is 0 Å². The molecule has 1 fully saturated rings. The minimum atomic E-state index is -2.51. The fourth-order valence-electron chi connectivity index (χ4n) is 3.91. The molecule has 3 nitrogen and oxygen atoms in total. The molecule has 0 saturated carbocycles. The second kappa shape index (κ2) is 7.28. The molecule has 4 heteroatoms. The molecule has 0 unspecified atom stereocenters. The van der Waals surface area contributed by atoms with Crippen LogP contribution < -0.4 is 10.4 Å². The molecule has 1 N–H and O–H groups in total. The van der Waals surface area contributed by atoms with Gasteiger partial charge in [-0.15, -0.1) is 0 Å². The Hall–Kier alpha value is -1.46. The van der Waals surface area contributed by atoms with Crippen LogP contribution in [-0.4, -0.2) is 38.3 Å². The summed E-state index contributed by atoms with van der Waals surface area (Å²) < 4.78 is 12.8. The first-order chi connectivity index (χ1) is 12.3. The summed E-state index contributed by atoms with van der Waals surface area (Å²) in [6.45, 7) is 9.62. The molecule has 1 aliphatic heterocycles. The lowest BCUT2D eigenvalue weighted by molar-refractivity contribution is 0.191. The molecule has 1 saturated heterocycles. The standard InChI is InChI=1S/C22H30O3Si/c1-21(2,3)26(18-11-7-5-8-12-18,19-13-9-6-10-14-19)24-17-22(4)20(25-22)15-16-23/h5-14,20,23H,15-17H2,1-4H3/t20-,22+/m1/s1. The third-order valence-corrected chi connectivity index (χ3v) is 10.4. The number of epoxide rings is 1. The van der Waals surface area contributed by atoms with Crippen molar-refractivity contribution in [2.75, 3.05) is 13.2 Å². The Morgan fingerprint density at radius 1 is 1.00 bits per heavy atom. The number of rotatable bonds is 7. The zero-order valence-electron chi connectivity index (χ0n) is 16.2. The number of hydrogen-bond acceptors (Lipinski definition) is 3. The van der Waals surface area contributed by atoms with Gasteiger partial charge in [-0.2, -0.15) is 0 Å². The minimum absolute atomic E-state index is 0.0343. The van der Waals surface area contributed by atoms with Gasteiger partial charge in [0, 0.05) is 6.61 Å². The van der Waals surface area contributed by atoms with E-state index in [4.69, 9.17) is 9.16 Å². The van der Waals surface area contributed by atoms with Crippen LogP contribution in [0.2, 0.25) is 5.04 Å². The normalized spacial score (nSPS) is 23.0. The van der Waals surface area contributed by atoms with Gasteiger partial charge in [-0.3, -0.25) is 0 Å². The van der Waals surface area contributed by atoms with Crippen molar-refractivity contribution in [3.63, 3.8) is 0 Å². The molecule has 0 spiro atoms. The van der Waals surface area contributed by atoms with Gasteiger partial charge >= 0.3 is 0 Å². The van der Waals surface area contributed by atoms with E-state index in [1.54, 1.807) is 0 Å². The average Bonchev–Trinajstić information content (AvgIpc) is 3.26. The monoisotopic (exact) mass is 370 g/mol. The van der Waals surface area contributed by atoms with E-state index in [9.17, 15) is 5.11 Å². The van der Waals surface area contributed by atoms with Crippen molar-refractivity contribution in [1.82, 2.24) is 0 Å². The fraction of sp³-hybridized carbons (Fsp3) is 0.455. The van der Waals surface area contributed by atoms with Gasteiger partial charge in [0.2, 0.25) is 0 Å². The molecular weight excluding hydrogens is 340 g/mol. The molecule has 140 valence electrons. The van der Waals surface area contributed by atoms with Gasteiger partial charge in [0.25, 0.3) is 8.32 Å². The number of ether oxygens (including phenoxy) is 1. The van der Waals surface area contributed by atoms with Crippen LogP contribution >= 0.6 is 0 Å². The zero-order valence-corrected chi connectivity index (χ0v) is 17.2. The molecule has 26 heavy (non-hydrogen) atoms. The second-order valence-electron chi connectivity index (χ2n) is 8.38. The number of benzene rings is 2. The lowest BCUT2D eigenvalue weighted by Gasteiger charge is -2.43. The molecule has 0 amide bonds. The van der Waals surface area contributed by atoms with Gasteiger partial charge < -0.3 is 14.3 Å². The largest absolute Gasteiger partial charge is 0.404 e. The van der Waals surface area contributed by atoms with E-state index in [0.29, 0.717) is 13.0 Å². The molecule has 2 aromatic rings. The van der Waals surface area contributed by atoms with E-state index in [1.165, 1.54) is 10.4 Å². The molecular formula is C22H30O3Si. The van der Waals surface area contributed by atoms with E-state index in [1.807, 2.05) is 0 Å². The fourth-order valence-corrected chi connectivity index (χ4v) is 8.57. The van der Waals surface area contributed by atoms with Crippen LogP contribution in [-0.2, 0) is 9.16 Å². The number of aliphatic hydroxyl groups is 1. The lowest BCUT2D eigenvalue weighted by atomic mass is 10.1. The van der Waals surface area contributed by atoms with Gasteiger partial charge in [-0.1, -0.05) is 81.4 Å². The van der Waals surface area contributed by atoms with Gasteiger partial charge in [-0.05, 0) is 28.8 Å². The molecule has 0 aliphatic carbocycles. The first-order valence-electron chi connectivity index (χ1n) is 9.37. The van der Waals surface area contributed by atoms with Crippen LogP contribution in [0.1, 0.15) is 34.1 Å². The Morgan fingerprint density at radius 3 is 1.92 bits per heavy atom. The molecule has 0 bridgehead atoms. The number of aliphatic hydroxyl groups excluding tert-OH is 1. The van der Waals surface area contributed by atoms with Gasteiger partial charge in [0.15, 0.2) is 0 Å². The van der Waals surface area contributed by atoms with Crippen LogP contribution in [0, 0.1) is 0 Å².